The fourth-order valence-corrected chi connectivity index (χ4v) is 2.39. The Bertz CT molecular complexity index is 892. The van der Waals surface area contributed by atoms with Crippen molar-refractivity contribution in [2.45, 2.75) is 7.43 Å². The predicted molar refractivity (Wildman–Crippen MR) is 114 cm³/mol. The third-order valence-electron chi connectivity index (χ3n) is 2.64. The zero-order valence-corrected chi connectivity index (χ0v) is 16.7. The van der Waals surface area contributed by atoms with Gasteiger partial charge in [-0.15, -0.1) is 0 Å². The van der Waals surface area contributed by atoms with Crippen LogP contribution in [0.1, 0.15) is 8.80 Å². The summed E-state index contributed by atoms with van der Waals surface area (Å²) in [5, 5.41) is 21.0. The number of halogens is 6. The average Bonchev–Trinajstić information content (AvgIpc) is 2.60. The summed E-state index contributed by atoms with van der Waals surface area (Å²) in [6, 6.07) is 3.44. The van der Waals surface area contributed by atoms with E-state index >= 15 is 0 Å². The maximum Gasteiger partial charge on any atom is 0.295 e. The van der Waals surface area contributed by atoms with Crippen LogP contribution in [0.5, 0.6) is 0 Å². The molecule has 2 rings (SSSR count). The van der Waals surface area contributed by atoms with Crippen LogP contribution in [0, 0.1) is 20.2 Å². The van der Waals surface area contributed by atoms with Gasteiger partial charge < -0.3 is 11.5 Å². The number of nitrogens with zero attached hydrogens (tertiary/aromatic N) is 2. The zero-order chi connectivity index (χ0) is 22.2. The Morgan fingerprint density at radius 2 is 1.29 bits per heavy atom. The zero-order valence-electron chi connectivity index (χ0n) is 13.9. The van der Waals surface area contributed by atoms with E-state index in [0.29, 0.717) is 0 Å². The normalized spacial score (nSPS) is 9.57. The number of nitrogens with two attached hydrogens (primary N) is 2. The Kier molecular flexibility index (Phi) is 11.8. The maximum atomic E-state index is 10.4. The van der Waals surface area contributed by atoms with Gasteiger partial charge in [-0.05, 0) is 6.07 Å². The van der Waals surface area contributed by atoms with Crippen LogP contribution >= 0.6 is 58.0 Å². The van der Waals surface area contributed by atoms with E-state index in [0.717, 1.165) is 12.1 Å². The van der Waals surface area contributed by atoms with Crippen molar-refractivity contribution in [3.05, 3.63) is 63.5 Å². The molecule has 0 atom stereocenters. The highest BCUT2D eigenvalue weighted by molar-refractivity contribution is 6.49. The van der Waals surface area contributed by atoms with Crippen LogP contribution in [0.4, 0.5) is 27.1 Å². The lowest BCUT2D eigenvalue weighted by Crippen LogP contribution is -1.96. The van der Waals surface area contributed by atoms with Crippen molar-refractivity contribution >= 4 is 80.8 Å². The quantitative estimate of drug-likeness (QED) is 0.201. The van der Waals surface area contributed by atoms with Crippen LogP contribution < -0.4 is 11.5 Å². The van der Waals surface area contributed by atoms with E-state index in [-0.39, 0.29) is 55.3 Å². The largest absolute Gasteiger partial charge is 0.393 e. The molecule has 0 aliphatic rings. The van der Waals surface area contributed by atoms with E-state index in [1.165, 1.54) is 6.07 Å². The van der Waals surface area contributed by atoms with Crippen LogP contribution in [0.2, 0.25) is 25.1 Å². The van der Waals surface area contributed by atoms with Crippen LogP contribution in [0.15, 0.2) is 18.2 Å². The molecule has 0 heterocycles. The standard InChI is InChI=1S/C6H3Cl3N2O2.C6H4Cl2N2O2.CH3F.CH4/c7-2-1-3(11(12)13)6(10)5(9)4(2)8;7-3-1-5(9)6(10(11)12)2-4(3)8;1-2;/h1H,10H2;1-2H,9H2;1H3;1H4/i;;1D;. The van der Waals surface area contributed by atoms with Crippen LogP contribution in [0.3, 0.4) is 0 Å². The summed E-state index contributed by atoms with van der Waals surface area (Å²) in [6.45, 7) is 0. The first-order chi connectivity index (χ1) is 12.9. The van der Waals surface area contributed by atoms with Gasteiger partial charge in [0.25, 0.3) is 11.4 Å². The molecule has 14 heteroatoms. The molecule has 0 amide bonds. The number of hydrogen-bond donors (Lipinski definition) is 2. The van der Waals surface area contributed by atoms with Crippen LogP contribution in [0.25, 0.3) is 0 Å². The first kappa shape index (κ1) is 26.2. The molecule has 0 aliphatic heterocycles. The molecule has 0 bridgehead atoms. The number of hydrogen-bond acceptors (Lipinski definition) is 6. The Labute approximate surface area is 185 Å². The second kappa shape index (κ2) is 12.6. The summed E-state index contributed by atoms with van der Waals surface area (Å²) in [5.74, 6) is 0. The van der Waals surface area contributed by atoms with Crippen LogP contribution in [-0.2, 0) is 0 Å². The summed E-state index contributed by atoms with van der Waals surface area (Å²) in [7, 11) is -1.00. The highest BCUT2D eigenvalue weighted by Crippen LogP contribution is 2.40. The number of rotatable bonds is 2. The molecule has 156 valence electrons. The van der Waals surface area contributed by atoms with Gasteiger partial charge in [0.2, 0.25) is 0 Å². The fourth-order valence-electron chi connectivity index (χ4n) is 1.46. The molecule has 2 aromatic carbocycles. The first-order valence-electron chi connectivity index (χ1n) is 6.91. The number of benzene rings is 2. The molecule has 2 aromatic rings. The summed E-state index contributed by atoms with van der Waals surface area (Å²) < 4.78 is 15.5. The highest BCUT2D eigenvalue weighted by atomic mass is 35.5. The van der Waals surface area contributed by atoms with Crippen molar-refractivity contribution in [2.75, 3.05) is 18.6 Å². The highest BCUT2D eigenvalue weighted by Gasteiger charge is 2.19. The molecule has 0 saturated heterocycles. The second-order valence-corrected chi connectivity index (χ2v) is 6.24. The summed E-state index contributed by atoms with van der Waals surface area (Å²) >= 11 is 27.8. The van der Waals surface area contributed by atoms with E-state index in [1.54, 1.807) is 0 Å². The molecule has 4 N–H and O–H groups in total. The number of alkyl halides is 1. The van der Waals surface area contributed by atoms with Crippen molar-refractivity contribution in [2.24, 2.45) is 0 Å². The van der Waals surface area contributed by atoms with Gasteiger partial charge in [-0.3, -0.25) is 24.6 Å². The second-order valence-electron chi connectivity index (χ2n) is 4.26. The molecular weight excluding hydrogens is 484 g/mol. The van der Waals surface area contributed by atoms with Gasteiger partial charge in [0.15, 0.2) is 0 Å². The maximum absolute atomic E-state index is 10.4. The molecule has 0 unspecified atom stereocenters. The lowest BCUT2D eigenvalue weighted by atomic mass is 10.3. The Balaban J connectivity index is 0. The third kappa shape index (κ3) is 7.33. The van der Waals surface area contributed by atoms with Gasteiger partial charge in [0, 0.05) is 12.1 Å². The lowest BCUT2D eigenvalue weighted by Gasteiger charge is -2.03. The molecule has 0 fully saturated rings. The van der Waals surface area contributed by atoms with Crippen molar-refractivity contribution in [3.8, 4) is 0 Å². The predicted octanol–water partition coefficient (Wildman–Crippen LogP) is 6.84. The Morgan fingerprint density at radius 1 is 0.893 bits per heavy atom. The van der Waals surface area contributed by atoms with Gasteiger partial charge in [0.1, 0.15) is 11.4 Å². The molecule has 0 spiro atoms. The van der Waals surface area contributed by atoms with E-state index < -0.39 is 17.0 Å². The van der Waals surface area contributed by atoms with Gasteiger partial charge in [0.05, 0.1) is 43.5 Å². The smallest absolute Gasteiger partial charge is 0.295 e. The molecule has 0 aliphatic carbocycles. The van der Waals surface area contributed by atoms with Crippen molar-refractivity contribution in [1.82, 2.24) is 0 Å². The van der Waals surface area contributed by atoms with Crippen molar-refractivity contribution in [3.63, 3.8) is 0 Å². The van der Waals surface area contributed by atoms with E-state index in [1.807, 2.05) is 0 Å². The summed E-state index contributed by atoms with van der Waals surface area (Å²) in [5.41, 5.74) is 9.89. The third-order valence-corrected chi connectivity index (χ3v) is 4.64. The number of anilines is 2. The minimum Gasteiger partial charge on any atom is -0.393 e. The van der Waals surface area contributed by atoms with Gasteiger partial charge >= 0.3 is 0 Å². The minimum absolute atomic E-state index is 0. The number of nitro benzene ring substituents is 2. The minimum atomic E-state index is -1.00. The Hall–Kier alpha value is -1.78. The van der Waals surface area contributed by atoms with Crippen molar-refractivity contribution in [1.29, 1.82) is 0 Å². The molecule has 0 radical (unpaired) electrons. The van der Waals surface area contributed by atoms with Crippen LogP contribution in [-0.4, -0.2) is 17.0 Å². The Morgan fingerprint density at radius 3 is 1.71 bits per heavy atom. The molecular formula is C14H14Cl5FN4O4. The molecule has 0 saturated carbocycles. The monoisotopic (exact) mass is 497 g/mol. The molecule has 28 heavy (non-hydrogen) atoms. The number of nitro groups is 2. The van der Waals surface area contributed by atoms with E-state index in [9.17, 15) is 24.6 Å². The topological polar surface area (TPSA) is 138 Å². The fraction of sp³-hybridized carbons (Fsp3) is 0.143. The number of nitrogen functional groups attached to an aromatic ring is 2. The summed E-state index contributed by atoms with van der Waals surface area (Å²) in [6.07, 6.45) is 0. The van der Waals surface area contributed by atoms with E-state index in [4.69, 9.17) is 70.8 Å². The SMILES string of the molecule is C.Nc1c([N+](=O)[O-])cc(Cl)c(Cl)c1Cl.Nc1cc(Cl)c(Cl)cc1[N+](=O)[O-].[2H]CF. The van der Waals surface area contributed by atoms with Gasteiger partial charge in [-0.1, -0.05) is 65.4 Å². The van der Waals surface area contributed by atoms with Gasteiger partial charge in [-0.25, -0.2) is 0 Å². The average molecular weight is 500 g/mol. The van der Waals surface area contributed by atoms with Gasteiger partial charge in [-0.2, -0.15) is 0 Å². The van der Waals surface area contributed by atoms with E-state index in [2.05, 4.69) is 0 Å². The molecule has 8 nitrogen and oxygen atoms in total. The lowest BCUT2D eigenvalue weighted by molar-refractivity contribution is -0.384. The first-order valence-corrected chi connectivity index (χ1v) is 8.09. The van der Waals surface area contributed by atoms with Crippen molar-refractivity contribution < 1.29 is 15.6 Å². The molecule has 0 aromatic heterocycles. The summed E-state index contributed by atoms with van der Waals surface area (Å²) in [4.78, 5) is 19.4.